The van der Waals surface area contributed by atoms with Crippen LogP contribution in [0.15, 0.2) is 273 Å². The molecular formula is C74H45NO2S. The van der Waals surface area contributed by atoms with Crippen LogP contribution >= 0.6 is 11.3 Å². The smallest absolute Gasteiger partial charge is 0.132 e. The van der Waals surface area contributed by atoms with Crippen molar-refractivity contribution >= 4 is 48.6 Å². The van der Waals surface area contributed by atoms with Gasteiger partial charge < -0.3 is 14.4 Å². The van der Waals surface area contributed by atoms with Crippen molar-refractivity contribution in [2.24, 2.45) is 0 Å². The van der Waals surface area contributed by atoms with Gasteiger partial charge in [0.15, 0.2) is 0 Å². The molecule has 0 fully saturated rings. The summed E-state index contributed by atoms with van der Waals surface area (Å²) in [5.41, 5.74) is 21.3. The monoisotopic (exact) mass is 1010 g/mol. The molecule has 0 radical (unpaired) electrons. The SMILES string of the molecule is c1cc(-c2ccc3c(c2)C2(c4ccccc4Oc4ccccc42)c2ccccc2-3)cc(N(c2ccc(-c3cccc4c3sc3ccccc34)cc2)c2ccc3c(c2)C2(c4ccccc4Oc4ccccc42)c2ccccc2-3)c1. The molecule has 13 aromatic rings. The van der Waals surface area contributed by atoms with Crippen LogP contribution in [0.3, 0.4) is 0 Å². The summed E-state index contributed by atoms with van der Waals surface area (Å²) in [4.78, 5) is 2.46. The van der Waals surface area contributed by atoms with Crippen molar-refractivity contribution in [3.8, 4) is 67.5 Å². The lowest BCUT2D eigenvalue weighted by Crippen LogP contribution is -2.32. The fourth-order valence-electron chi connectivity index (χ4n) is 14.1. The number of para-hydroxylation sites is 4. The van der Waals surface area contributed by atoms with Gasteiger partial charge in [-0.3, -0.25) is 0 Å². The van der Waals surface area contributed by atoms with E-state index in [9.17, 15) is 0 Å². The number of benzene rings is 12. The Morgan fingerprint density at radius 2 is 0.692 bits per heavy atom. The molecule has 12 aromatic carbocycles. The minimum Gasteiger partial charge on any atom is -0.457 e. The van der Waals surface area contributed by atoms with E-state index >= 15 is 0 Å². The number of thiophene rings is 1. The van der Waals surface area contributed by atoms with E-state index in [1.54, 1.807) is 0 Å². The third-order valence-corrected chi connectivity index (χ3v) is 18.4. The minimum absolute atomic E-state index is 0.571. The van der Waals surface area contributed by atoms with Crippen LogP contribution in [0, 0.1) is 0 Å². The summed E-state index contributed by atoms with van der Waals surface area (Å²) in [5, 5.41) is 2.60. The first kappa shape index (κ1) is 43.5. The van der Waals surface area contributed by atoms with Gasteiger partial charge in [-0.15, -0.1) is 11.3 Å². The van der Waals surface area contributed by atoms with Crippen LogP contribution in [-0.4, -0.2) is 0 Å². The number of rotatable bonds is 5. The first-order chi connectivity index (χ1) is 38.7. The van der Waals surface area contributed by atoms with Crippen molar-refractivity contribution in [1.82, 2.24) is 0 Å². The number of anilines is 3. The van der Waals surface area contributed by atoms with Crippen LogP contribution in [0.4, 0.5) is 17.1 Å². The van der Waals surface area contributed by atoms with Crippen molar-refractivity contribution in [2.75, 3.05) is 4.90 Å². The Hall–Kier alpha value is -9.74. The third-order valence-electron chi connectivity index (χ3n) is 17.2. The topological polar surface area (TPSA) is 21.7 Å². The molecule has 2 spiro atoms. The average molecular weight is 1010 g/mol. The molecular weight excluding hydrogens is 967 g/mol. The second kappa shape index (κ2) is 16.4. The Bertz CT molecular complexity index is 4570. The lowest BCUT2D eigenvalue weighted by molar-refractivity contribution is 0.436. The largest absolute Gasteiger partial charge is 0.457 e. The fraction of sp³-hybridized carbons (Fsp3) is 0.0270. The molecule has 0 saturated heterocycles. The molecule has 0 unspecified atom stereocenters. The van der Waals surface area contributed by atoms with Crippen molar-refractivity contribution in [3.63, 3.8) is 0 Å². The van der Waals surface area contributed by atoms with E-state index in [1.165, 1.54) is 75.8 Å². The van der Waals surface area contributed by atoms with E-state index in [4.69, 9.17) is 9.47 Å². The summed E-state index contributed by atoms with van der Waals surface area (Å²) in [7, 11) is 0. The summed E-state index contributed by atoms with van der Waals surface area (Å²) in [6, 6.07) is 100. The molecule has 0 saturated carbocycles. The normalized spacial score (nSPS) is 14.1. The first-order valence-corrected chi connectivity index (χ1v) is 27.6. The minimum atomic E-state index is -0.618. The summed E-state index contributed by atoms with van der Waals surface area (Å²) in [6.07, 6.45) is 0. The van der Waals surface area contributed by atoms with E-state index < -0.39 is 10.8 Å². The summed E-state index contributed by atoms with van der Waals surface area (Å²) in [5.74, 6) is 3.54. The molecule has 4 aliphatic rings. The van der Waals surface area contributed by atoms with Crippen LogP contribution in [0.5, 0.6) is 23.0 Å². The van der Waals surface area contributed by atoms with E-state index in [0.717, 1.165) is 73.4 Å². The van der Waals surface area contributed by atoms with Crippen LogP contribution in [0.2, 0.25) is 0 Å². The molecule has 364 valence electrons. The summed E-state index contributed by atoms with van der Waals surface area (Å²) in [6.45, 7) is 0. The zero-order valence-electron chi connectivity index (χ0n) is 42.2. The van der Waals surface area contributed by atoms with Gasteiger partial charge in [-0.1, -0.05) is 200 Å². The first-order valence-electron chi connectivity index (χ1n) is 26.8. The van der Waals surface area contributed by atoms with E-state index in [0.29, 0.717) is 0 Å². The summed E-state index contributed by atoms with van der Waals surface area (Å²) < 4.78 is 16.1. The maximum atomic E-state index is 6.76. The highest BCUT2D eigenvalue weighted by atomic mass is 32.1. The lowest BCUT2D eigenvalue weighted by Gasteiger charge is -2.39. The second-order valence-corrected chi connectivity index (χ2v) is 22.0. The zero-order chi connectivity index (χ0) is 51.1. The molecule has 3 nitrogen and oxygen atoms in total. The Morgan fingerprint density at radius 1 is 0.269 bits per heavy atom. The Labute approximate surface area is 456 Å². The van der Waals surface area contributed by atoms with E-state index in [1.807, 2.05) is 11.3 Å². The Kier molecular flexibility index (Phi) is 9.14. The number of hydrogen-bond donors (Lipinski definition) is 0. The van der Waals surface area contributed by atoms with E-state index in [2.05, 4.69) is 278 Å². The molecule has 1 aromatic heterocycles. The molecule has 3 heterocycles. The molecule has 78 heavy (non-hydrogen) atoms. The Balaban J connectivity index is 0.869. The number of fused-ring (bicyclic) bond motifs is 21. The lowest BCUT2D eigenvalue weighted by atomic mass is 9.66. The van der Waals surface area contributed by atoms with Crippen molar-refractivity contribution in [2.45, 2.75) is 10.8 Å². The van der Waals surface area contributed by atoms with Gasteiger partial charge >= 0.3 is 0 Å². The highest BCUT2D eigenvalue weighted by Crippen LogP contribution is 2.64. The predicted molar refractivity (Wildman–Crippen MR) is 320 cm³/mol. The van der Waals surface area contributed by atoms with Gasteiger partial charge in [0.1, 0.15) is 23.0 Å². The van der Waals surface area contributed by atoms with Gasteiger partial charge in [-0.05, 0) is 140 Å². The highest BCUT2D eigenvalue weighted by Gasteiger charge is 2.53. The van der Waals surface area contributed by atoms with Gasteiger partial charge in [0.25, 0.3) is 0 Å². The molecule has 0 N–H and O–H groups in total. The van der Waals surface area contributed by atoms with Crippen molar-refractivity contribution in [1.29, 1.82) is 0 Å². The Morgan fingerprint density at radius 3 is 1.31 bits per heavy atom. The van der Waals surface area contributed by atoms with E-state index in [-0.39, 0.29) is 0 Å². The highest BCUT2D eigenvalue weighted by molar-refractivity contribution is 7.26. The number of hydrogen-bond acceptors (Lipinski definition) is 4. The maximum Gasteiger partial charge on any atom is 0.132 e. The molecule has 0 bridgehead atoms. The van der Waals surface area contributed by atoms with Gasteiger partial charge in [0.2, 0.25) is 0 Å². The van der Waals surface area contributed by atoms with Crippen LogP contribution in [0.1, 0.15) is 44.5 Å². The number of nitrogens with zero attached hydrogens (tertiary/aromatic N) is 1. The molecule has 2 aliphatic heterocycles. The maximum absolute atomic E-state index is 6.76. The van der Waals surface area contributed by atoms with Crippen LogP contribution < -0.4 is 14.4 Å². The third kappa shape index (κ3) is 5.87. The quantitative estimate of drug-likeness (QED) is 0.171. The van der Waals surface area contributed by atoms with Gasteiger partial charge in [0.05, 0.1) is 10.8 Å². The zero-order valence-corrected chi connectivity index (χ0v) is 43.0. The fourth-order valence-corrected chi connectivity index (χ4v) is 15.3. The van der Waals surface area contributed by atoms with Gasteiger partial charge in [0, 0.05) is 59.5 Å². The summed E-state index contributed by atoms with van der Waals surface area (Å²) >= 11 is 1.87. The van der Waals surface area contributed by atoms with Gasteiger partial charge in [-0.2, -0.15) is 0 Å². The predicted octanol–water partition coefficient (Wildman–Crippen LogP) is 19.8. The average Bonchev–Trinajstić information content (AvgIpc) is 4.16. The molecule has 17 rings (SSSR count). The molecule has 0 amide bonds. The second-order valence-electron chi connectivity index (χ2n) is 21.0. The number of ether oxygens (including phenoxy) is 2. The molecule has 0 atom stereocenters. The van der Waals surface area contributed by atoms with Crippen LogP contribution in [-0.2, 0) is 10.8 Å². The van der Waals surface area contributed by atoms with Crippen molar-refractivity contribution < 1.29 is 9.47 Å². The van der Waals surface area contributed by atoms with Crippen molar-refractivity contribution in [3.05, 3.63) is 317 Å². The van der Waals surface area contributed by atoms with Crippen LogP contribution in [0.25, 0.3) is 64.7 Å². The molecule has 4 heteroatoms. The molecule has 2 aliphatic carbocycles. The van der Waals surface area contributed by atoms with Gasteiger partial charge in [-0.25, -0.2) is 0 Å². The standard InChI is InChI=1S/C74H45NO2S/c1-4-24-59-53(19-1)55-41-37-48(44-65(55)73(59)61-26-6-10-30-67(61)76-68-31-11-7-27-62(68)73)47-17-15-18-50(43-47)75(49-38-35-46(36-39-49)52-22-16-23-58-57-21-3-14-34-71(57)78-72(52)58)51-40-42-56-54-20-2-5-25-60(54)74(66(56)45-51)63-28-8-12-32-69(63)77-70-33-13-9-29-64(70)74/h1-45H.